The van der Waals surface area contributed by atoms with E-state index in [9.17, 15) is 45.2 Å². The standard InChI is InChI=1S/C40H51F4N5O11S/c1-7-29-31(46-36(53)60-37(3,4)40(42,43)44)34(51)49-20-26(59-33-27-13-12-25(56-5)16-23(27)17-30(45-33)57-6)18-28(49)32(50)47-39(19-24(39)11-9-8-10-22(2)58-29)35(52)48-61(54,55)38(21-41)14-15-38/h9,11-13,16-17,22,24,26,28-29,31H,7-8,10,14-15,18-21H2,1-6H3,(H,46,53)(H,47,50)(H,48,52). The zero-order valence-corrected chi connectivity index (χ0v) is 35.4. The number of methoxy groups -OCH3 is 2. The lowest BCUT2D eigenvalue weighted by molar-refractivity contribution is -0.244. The van der Waals surface area contributed by atoms with Crippen molar-refractivity contribution >= 4 is 44.6 Å². The Bertz CT molecular complexity index is 2160. The van der Waals surface area contributed by atoms with Gasteiger partial charge in [-0.3, -0.25) is 19.1 Å². The minimum Gasteiger partial charge on any atom is -0.497 e. The van der Waals surface area contributed by atoms with Gasteiger partial charge in [0.1, 0.15) is 40.9 Å². The minimum atomic E-state index is -4.97. The summed E-state index contributed by atoms with van der Waals surface area (Å²) in [5, 5.41) is 6.10. The van der Waals surface area contributed by atoms with Gasteiger partial charge in [0, 0.05) is 23.8 Å². The number of aromatic nitrogens is 1. The van der Waals surface area contributed by atoms with Crippen LogP contribution in [0, 0.1) is 5.92 Å². The summed E-state index contributed by atoms with van der Waals surface area (Å²) in [6.45, 7) is 3.09. The molecule has 4 amide bonds. The number of carbonyl (C=O) groups is 4. The first kappa shape index (κ1) is 45.6. The molecule has 336 valence electrons. The Kier molecular flexibility index (Phi) is 12.8. The number of benzene rings is 1. The highest BCUT2D eigenvalue weighted by atomic mass is 32.2. The van der Waals surface area contributed by atoms with Crippen LogP contribution in [0.3, 0.4) is 0 Å². The quantitative estimate of drug-likeness (QED) is 0.213. The van der Waals surface area contributed by atoms with Crippen LogP contribution in [0.4, 0.5) is 22.4 Å². The topological polar surface area (TPSA) is 201 Å². The van der Waals surface area contributed by atoms with Crippen molar-refractivity contribution in [3.8, 4) is 17.5 Å². The van der Waals surface area contributed by atoms with E-state index in [1.165, 1.54) is 14.2 Å². The second-order valence-corrected chi connectivity index (χ2v) is 18.6. The van der Waals surface area contributed by atoms with Gasteiger partial charge in [0.15, 0.2) is 0 Å². The molecule has 0 bridgehead atoms. The first-order valence-electron chi connectivity index (χ1n) is 20.0. The van der Waals surface area contributed by atoms with Crippen molar-refractivity contribution in [3.63, 3.8) is 0 Å². The number of nitrogens with one attached hydrogen (secondary N) is 3. The first-order chi connectivity index (χ1) is 28.6. The van der Waals surface area contributed by atoms with Gasteiger partial charge in [0.05, 0.1) is 33.0 Å². The average Bonchev–Trinajstić information content (AvgIpc) is 4.11. The molecule has 3 N–H and O–H groups in total. The number of hydrogen-bond donors (Lipinski definition) is 3. The highest BCUT2D eigenvalue weighted by Gasteiger charge is 2.64. The van der Waals surface area contributed by atoms with E-state index >= 15 is 0 Å². The van der Waals surface area contributed by atoms with Crippen molar-refractivity contribution in [2.45, 2.75) is 125 Å². The second kappa shape index (κ2) is 17.1. The summed E-state index contributed by atoms with van der Waals surface area (Å²) < 4.78 is 110. The molecular formula is C40H51F4N5O11S. The molecule has 0 radical (unpaired) electrons. The average molecular weight is 886 g/mol. The minimum absolute atomic E-state index is 0.00969. The zero-order chi connectivity index (χ0) is 44.7. The van der Waals surface area contributed by atoms with Crippen LogP contribution in [0.2, 0.25) is 0 Å². The maximum Gasteiger partial charge on any atom is 0.427 e. The molecule has 6 rings (SSSR count). The molecule has 3 fully saturated rings. The molecule has 2 aromatic rings. The van der Waals surface area contributed by atoms with E-state index in [0.717, 1.165) is 4.90 Å². The van der Waals surface area contributed by atoms with Crippen molar-refractivity contribution in [1.82, 2.24) is 25.2 Å². The Balaban J connectivity index is 1.39. The molecule has 2 aliphatic carbocycles. The third kappa shape index (κ3) is 9.31. The molecule has 3 heterocycles. The number of sulfonamides is 1. The Morgan fingerprint density at radius 1 is 1.11 bits per heavy atom. The number of carbonyl (C=O) groups excluding carboxylic acids is 4. The van der Waals surface area contributed by atoms with Crippen molar-refractivity contribution in [1.29, 1.82) is 0 Å². The lowest BCUT2D eigenvalue weighted by atomic mass is 10.0. The number of rotatable bonds is 11. The van der Waals surface area contributed by atoms with Gasteiger partial charge >= 0.3 is 12.3 Å². The SMILES string of the molecule is CCC1OC(C)CCC=CC2CC2(C(=O)NS(=O)(=O)C2(CF)CC2)NC(=O)C2CC(Oc3nc(OC)cc4cc(OC)ccc34)CN2C(=O)C1NC(=O)OC(C)(C)C(F)(F)F. The number of amides is 4. The number of nitrogens with zero attached hydrogens (tertiary/aromatic N) is 2. The number of alkyl halides is 4. The number of alkyl carbamates (subject to hydrolysis) is 1. The molecule has 2 aliphatic heterocycles. The lowest BCUT2D eigenvalue weighted by Crippen LogP contribution is -2.61. The predicted molar refractivity (Wildman–Crippen MR) is 210 cm³/mol. The summed E-state index contributed by atoms with van der Waals surface area (Å²) in [4.78, 5) is 62.1. The Labute approximate surface area is 350 Å². The molecular weight excluding hydrogens is 835 g/mol. The Morgan fingerprint density at radius 3 is 2.46 bits per heavy atom. The van der Waals surface area contributed by atoms with Gasteiger partial charge in [-0.25, -0.2) is 17.6 Å². The number of ether oxygens (including phenoxy) is 5. The number of allylic oxidation sites excluding steroid dienone is 1. The molecule has 0 spiro atoms. The van der Waals surface area contributed by atoms with Gasteiger partial charge in [-0.05, 0) is 82.9 Å². The molecule has 7 unspecified atom stereocenters. The molecule has 16 nitrogen and oxygen atoms in total. The van der Waals surface area contributed by atoms with Crippen LogP contribution in [0.25, 0.3) is 10.8 Å². The molecule has 61 heavy (non-hydrogen) atoms. The molecule has 21 heteroatoms. The molecule has 7 atom stereocenters. The molecule has 2 saturated carbocycles. The lowest BCUT2D eigenvalue weighted by Gasteiger charge is -2.35. The maximum atomic E-state index is 14.9. The van der Waals surface area contributed by atoms with Crippen molar-refractivity contribution in [2.24, 2.45) is 5.92 Å². The number of halogens is 4. The maximum absolute atomic E-state index is 14.9. The number of hydrogen-bond acceptors (Lipinski definition) is 12. The fourth-order valence-corrected chi connectivity index (χ4v) is 8.99. The van der Waals surface area contributed by atoms with Gasteiger partial charge in [0.25, 0.3) is 5.91 Å². The van der Waals surface area contributed by atoms with Crippen molar-refractivity contribution < 1.29 is 68.8 Å². The van der Waals surface area contributed by atoms with Gasteiger partial charge in [-0.2, -0.15) is 18.2 Å². The second-order valence-electron chi connectivity index (χ2n) is 16.5. The summed E-state index contributed by atoms with van der Waals surface area (Å²) in [6, 6.07) is 3.55. The normalized spacial score (nSPS) is 28.0. The third-order valence-corrected chi connectivity index (χ3v) is 13.9. The summed E-state index contributed by atoms with van der Waals surface area (Å²) in [7, 11) is -1.61. The van der Waals surface area contributed by atoms with E-state index in [1.54, 1.807) is 50.3 Å². The van der Waals surface area contributed by atoms with Crippen LogP contribution in [-0.2, 0) is 33.9 Å². The van der Waals surface area contributed by atoms with Crippen LogP contribution in [-0.4, -0.2) is 122 Å². The van der Waals surface area contributed by atoms with Gasteiger partial charge < -0.3 is 39.2 Å². The Morgan fingerprint density at radius 2 is 1.84 bits per heavy atom. The molecule has 1 aromatic heterocycles. The monoisotopic (exact) mass is 885 g/mol. The van der Waals surface area contributed by atoms with Crippen molar-refractivity contribution in [2.75, 3.05) is 27.4 Å². The van der Waals surface area contributed by atoms with Gasteiger partial charge in [-0.15, -0.1) is 0 Å². The van der Waals surface area contributed by atoms with E-state index in [4.69, 9.17) is 23.7 Å². The van der Waals surface area contributed by atoms with Crippen LogP contribution < -0.4 is 29.6 Å². The van der Waals surface area contributed by atoms with E-state index in [0.29, 0.717) is 43.2 Å². The highest BCUT2D eigenvalue weighted by Crippen LogP contribution is 2.48. The predicted octanol–water partition coefficient (Wildman–Crippen LogP) is 4.39. The fourth-order valence-electron chi connectivity index (χ4n) is 7.56. The fraction of sp³-hybridized carbons (Fsp3) is 0.625. The zero-order valence-electron chi connectivity index (χ0n) is 34.6. The summed E-state index contributed by atoms with van der Waals surface area (Å²) in [5.41, 5.74) is -4.77. The van der Waals surface area contributed by atoms with Crippen LogP contribution >= 0.6 is 0 Å². The Hall–Kier alpha value is -4.92. The highest BCUT2D eigenvalue weighted by molar-refractivity contribution is 7.91. The van der Waals surface area contributed by atoms with E-state index in [2.05, 4.69) is 15.6 Å². The van der Waals surface area contributed by atoms with Crippen LogP contribution in [0.1, 0.15) is 72.6 Å². The molecule has 1 saturated heterocycles. The van der Waals surface area contributed by atoms with Crippen molar-refractivity contribution in [3.05, 3.63) is 36.4 Å². The van der Waals surface area contributed by atoms with Crippen LogP contribution in [0.15, 0.2) is 36.4 Å². The summed E-state index contributed by atoms with van der Waals surface area (Å²) >= 11 is 0. The smallest absolute Gasteiger partial charge is 0.427 e. The van der Waals surface area contributed by atoms with E-state index < -0.39 is 98.9 Å². The number of pyridine rings is 1. The van der Waals surface area contributed by atoms with E-state index in [1.807, 2.05) is 4.72 Å². The first-order valence-corrected chi connectivity index (χ1v) is 21.4. The molecule has 4 aliphatic rings. The van der Waals surface area contributed by atoms with Crippen LogP contribution in [0.5, 0.6) is 17.5 Å². The summed E-state index contributed by atoms with van der Waals surface area (Å²) in [6.07, 6.45) is -5.33. The third-order valence-electron chi connectivity index (χ3n) is 11.8. The van der Waals surface area contributed by atoms with E-state index in [-0.39, 0.29) is 50.4 Å². The van der Waals surface area contributed by atoms with Gasteiger partial charge in [-0.1, -0.05) is 19.1 Å². The summed E-state index contributed by atoms with van der Waals surface area (Å²) in [5.74, 6) is -2.88. The number of fused-ring (bicyclic) bond motifs is 3. The van der Waals surface area contributed by atoms with Gasteiger partial charge in [0.2, 0.25) is 39.2 Å². The largest absolute Gasteiger partial charge is 0.497 e. The molecule has 1 aromatic carbocycles.